The Morgan fingerprint density at radius 1 is 0.793 bits per heavy atom. The summed E-state index contributed by atoms with van der Waals surface area (Å²) in [5, 5.41) is 4.06. The average Bonchev–Trinajstić information content (AvgIpc) is 2.74. The summed E-state index contributed by atoms with van der Waals surface area (Å²) in [6.07, 6.45) is 1.48. The first-order valence-electron chi connectivity index (χ1n) is 8.98. The van der Waals surface area contributed by atoms with Gasteiger partial charge in [-0.1, -0.05) is 36.4 Å². The van der Waals surface area contributed by atoms with E-state index in [-0.39, 0.29) is 0 Å². The molecule has 0 radical (unpaired) electrons. The molecule has 6 nitrogen and oxygen atoms in total. The summed E-state index contributed by atoms with van der Waals surface area (Å²) in [7, 11) is 0. The molecule has 0 atom stereocenters. The van der Waals surface area contributed by atoms with Gasteiger partial charge in [-0.3, -0.25) is 14.6 Å². The molecule has 4 aromatic rings. The molecule has 6 heteroatoms. The van der Waals surface area contributed by atoms with Gasteiger partial charge in [0, 0.05) is 22.8 Å². The number of fused-ring (bicyclic) bond motifs is 1. The van der Waals surface area contributed by atoms with Crippen molar-refractivity contribution in [2.75, 3.05) is 5.32 Å². The molecule has 29 heavy (non-hydrogen) atoms. The smallest absolute Gasteiger partial charge is 0.252 e. The molecule has 2 amide bonds. The third-order valence-corrected chi connectivity index (χ3v) is 4.68. The SMILES string of the molecule is NC(=O)c1ccc(-c2ccc3ncc(C(N)=O)c(Nc4ccccc4)c3c2)cc1. The highest BCUT2D eigenvalue weighted by atomic mass is 16.1. The van der Waals surface area contributed by atoms with Crippen molar-refractivity contribution in [3.8, 4) is 11.1 Å². The number of hydrogen-bond donors (Lipinski definition) is 3. The highest BCUT2D eigenvalue weighted by Crippen LogP contribution is 2.32. The number of nitrogens with one attached hydrogen (secondary N) is 1. The number of primary amides is 2. The summed E-state index contributed by atoms with van der Waals surface area (Å²) in [6.45, 7) is 0. The highest BCUT2D eigenvalue weighted by molar-refractivity contribution is 6.08. The summed E-state index contributed by atoms with van der Waals surface area (Å²) < 4.78 is 0. The lowest BCUT2D eigenvalue weighted by Gasteiger charge is -2.14. The van der Waals surface area contributed by atoms with Crippen LogP contribution >= 0.6 is 0 Å². The molecular formula is C23H18N4O2. The van der Waals surface area contributed by atoms with Crippen LogP contribution in [0, 0.1) is 0 Å². The number of para-hydroxylation sites is 1. The number of hydrogen-bond acceptors (Lipinski definition) is 4. The van der Waals surface area contributed by atoms with Crippen molar-refractivity contribution in [1.82, 2.24) is 4.98 Å². The molecule has 0 aliphatic rings. The van der Waals surface area contributed by atoms with Gasteiger partial charge in [0.1, 0.15) is 0 Å². The van der Waals surface area contributed by atoms with Gasteiger partial charge in [0.05, 0.1) is 16.8 Å². The van der Waals surface area contributed by atoms with E-state index in [4.69, 9.17) is 11.5 Å². The van der Waals surface area contributed by atoms with E-state index in [1.807, 2.05) is 60.7 Å². The Morgan fingerprint density at radius 3 is 2.14 bits per heavy atom. The molecule has 0 aliphatic heterocycles. The second-order valence-corrected chi connectivity index (χ2v) is 6.58. The van der Waals surface area contributed by atoms with E-state index >= 15 is 0 Å². The van der Waals surface area contributed by atoms with Gasteiger partial charge in [-0.15, -0.1) is 0 Å². The van der Waals surface area contributed by atoms with Crippen molar-refractivity contribution < 1.29 is 9.59 Å². The normalized spacial score (nSPS) is 10.6. The Bertz CT molecular complexity index is 1220. The predicted molar refractivity (Wildman–Crippen MR) is 114 cm³/mol. The Hall–Kier alpha value is -4.19. The molecule has 0 aliphatic carbocycles. The number of nitrogens with zero attached hydrogens (tertiary/aromatic N) is 1. The number of rotatable bonds is 5. The topological polar surface area (TPSA) is 111 Å². The molecule has 4 rings (SSSR count). The van der Waals surface area contributed by atoms with Crippen LogP contribution in [0.2, 0.25) is 0 Å². The molecule has 3 aromatic carbocycles. The van der Waals surface area contributed by atoms with E-state index < -0.39 is 11.8 Å². The van der Waals surface area contributed by atoms with Gasteiger partial charge in [0.25, 0.3) is 5.91 Å². The number of amides is 2. The summed E-state index contributed by atoms with van der Waals surface area (Å²) in [6, 6.07) is 22.3. The second kappa shape index (κ2) is 7.44. The number of nitrogens with two attached hydrogens (primary N) is 2. The van der Waals surface area contributed by atoms with Gasteiger partial charge < -0.3 is 16.8 Å². The Balaban J connectivity index is 1.86. The predicted octanol–water partition coefficient (Wildman–Crippen LogP) is 3.84. The molecular weight excluding hydrogens is 364 g/mol. The molecule has 0 spiro atoms. The molecule has 0 bridgehead atoms. The van der Waals surface area contributed by atoms with Gasteiger partial charge in [-0.25, -0.2) is 0 Å². The van der Waals surface area contributed by atoms with Gasteiger partial charge in [-0.05, 0) is 47.5 Å². The molecule has 0 saturated heterocycles. The minimum atomic E-state index is -0.561. The fraction of sp³-hybridized carbons (Fsp3) is 0. The molecule has 142 valence electrons. The van der Waals surface area contributed by atoms with Crippen molar-refractivity contribution in [2.45, 2.75) is 0 Å². The lowest BCUT2D eigenvalue weighted by atomic mass is 10.00. The van der Waals surface area contributed by atoms with Crippen LogP contribution in [0.5, 0.6) is 0 Å². The maximum absolute atomic E-state index is 12.0. The minimum Gasteiger partial charge on any atom is -0.366 e. The summed E-state index contributed by atoms with van der Waals surface area (Å²) >= 11 is 0. The highest BCUT2D eigenvalue weighted by Gasteiger charge is 2.14. The molecule has 0 fully saturated rings. The van der Waals surface area contributed by atoms with Crippen LogP contribution in [0.1, 0.15) is 20.7 Å². The zero-order valence-electron chi connectivity index (χ0n) is 15.4. The number of pyridine rings is 1. The Morgan fingerprint density at radius 2 is 1.48 bits per heavy atom. The maximum Gasteiger partial charge on any atom is 0.252 e. The number of anilines is 2. The lowest BCUT2D eigenvalue weighted by molar-refractivity contribution is 0.0992. The Kier molecular flexibility index (Phi) is 4.66. The molecule has 1 heterocycles. The number of carbonyl (C=O) groups is 2. The van der Waals surface area contributed by atoms with Crippen LogP contribution in [-0.2, 0) is 0 Å². The fourth-order valence-corrected chi connectivity index (χ4v) is 3.19. The van der Waals surface area contributed by atoms with Crippen LogP contribution in [-0.4, -0.2) is 16.8 Å². The van der Waals surface area contributed by atoms with E-state index in [2.05, 4.69) is 10.3 Å². The van der Waals surface area contributed by atoms with Crippen molar-refractivity contribution in [3.05, 3.63) is 90.1 Å². The van der Waals surface area contributed by atoms with E-state index in [0.717, 1.165) is 27.7 Å². The largest absolute Gasteiger partial charge is 0.366 e. The van der Waals surface area contributed by atoms with Crippen molar-refractivity contribution in [3.63, 3.8) is 0 Å². The molecule has 0 unspecified atom stereocenters. The first-order valence-corrected chi connectivity index (χ1v) is 8.98. The molecule has 1 aromatic heterocycles. The average molecular weight is 382 g/mol. The van der Waals surface area contributed by atoms with Gasteiger partial charge >= 0.3 is 0 Å². The second-order valence-electron chi connectivity index (χ2n) is 6.58. The van der Waals surface area contributed by atoms with E-state index in [0.29, 0.717) is 16.8 Å². The van der Waals surface area contributed by atoms with Crippen molar-refractivity contribution in [1.29, 1.82) is 0 Å². The monoisotopic (exact) mass is 382 g/mol. The van der Waals surface area contributed by atoms with Crippen LogP contribution in [0.15, 0.2) is 79.0 Å². The van der Waals surface area contributed by atoms with Gasteiger partial charge in [-0.2, -0.15) is 0 Å². The standard InChI is InChI=1S/C23H18N4O2/c24-22(28)15-8-6-14(7-9-15)16-10-11-20-18(12-16)21(19(13-26-20)23(25)29)27-17-4-2-1-3-5-17/h1-13H,(H2,24,28)(H2,25,29)(H,26,27). The maximum atomic E-state index is 12.0. The van der Waals surface area contributed by atoms with Gasteiger partial charge in [0.15, 0.2) is 0 Å². The number of benzene rings is 3. The summed E-state index contributed by atoms with van der Waals surface area (Å²) in [5.74, 6) is -1.03. The molecule has 0 saturated carbocycles. The third-order valence-electron chi connectivity index (χ3n) is 4.68. The zero-order chi connectivity index (χ0) is 20.4. The fourth-order valence-electron chi connectivity index (χ4n) is 3.19. The minimum absolute atomic E-state index is 0.308. The van der Waals surface area contributed by atoms with Crippen LogP contribution < -0.4 is 16.8 Å². The van der Waals surface area contributed by atoms with Crippen molar-refractivity contribution >= 4 is 34.1 Å². The number of carbonyl (C=O) groups excluding carboxylic acids is 2. The van der Waals surface area contributed by atoms with Crippen LogP contribution in [0.4, 0.5) is 11.4 Å². The number of aromatic nitrogens is 1. The van der Waals surface area contributed by atoms with E-state index in [1.165, 1.54) is 6.20 Å². The van der Waals surface area contributed by atoms with Crippen LogP contribution in [0.25, 0.3) is 22.0 Å². The summed E-state index contributed by atoms with van der Waals surface area (Å²) in [4.78, 5) is 27.7. The zero-order valence-corrected chi connectivity index (χ0v) is 15.4. The van der Waals surface area contributed by atoms with Gasteiger partial charge in [0.2, 0.25) is 5.91 Å². The van der Waals surface area contributed by atoms with Crippen LogP contribution in [0.3, 0.4) is 0 Å². The first kappa shape index (κ1) is 18.2. The molecule has 5 N–H and O–H groups in total. The van der Waals surface area contributed by atoms with E-state index in [9.17, 15) is 9.59 Å². The third kappa shape index (κ3) is 3.64. The van der Waals surface area contributed by atoms with E-state index in [1.54, 1.807) is 12.1 Å². The Labute approximate surface area is 167 Å². The van der Waals surface area contributed by atoms with Crippen molar-refractivity contribution in [2.24, 2.45) is 11.5 Å². The summed E-state index contributed by atoms with van der Waals surface area (Å²) in [5.41, 5.74) is 15.6. The quantitative estimate of drug-likeness (QED) is 0.487. The first-order chi connectivity index (χ1) is 14.0. The lowest BCUT2D eigenvalue weighted by Crippen LogP contribution is -2.14.